The van der Waals surface area contributed by atoms with Gasteiger partial charge in [0.1, 0.15) is 0 Å². The Bertz CT molecular complexity index is 934. The van der Waals surface area contributed by atoms with Gasteiger partial charge in [0.25, 0.3) is 0 Å². The Kier molecular flexibility index (Phi) is 7.80. The maximum atomic E-state index is 11.8. The summed E-state index contributed by atoms with van der Waals surface area (Å²) in [7, 11) is -3.09. The fraction of sp³-hybridized carbons (Fsp3) is 0.778. The third-order valence-corrected chi connectivity index (χ3v) is 10.6. The van der Waals surface area contributed by atoms with E-state index >= 15 is 0 Å². The maximum Gasteiger partial charge on any atom is 0.211 e. The molecule has 34 heavy (non-hydrogen) atoms. The number of aliphatic hydroxyl groups is 2. The molecule has 0 radical (unpaired) electrons. The lowest BCUT2D eigenvalue weighted by molar-refractivity contribution is 0.0699. The predicted molar refractivity (Wildman–Crippen MR) is 137 cm³/mol. The van der Waals surface area contributed by atoms with E-state index in [1.807, 2.05) is 0 Å². The SMILES string of the molecule is C=C1/C(=C/C=C2\CCC[C@]3(C)[C@@H]([C@H](C)CN4CCN(S(C)(=O)=O)CC4)CC[C@@H]23)CC(O)CC1O. The summed E-state index contributed by atoms with van der Waals surface area (Å²) in [5, 5.41) is 20.3. The number of rotatable bonds is 5. The largest absolute Gasteiger partial charge is 0.393 e. The zero-order valence-electron chi connectivity index (χ0n) is 21.2. The summed E-state index contributed by atoms with van der Waals surface area (Å²) in [5.74, 6) is 1.86. The van der Waals surface area contributed by atoms with E-state index in [-0.39, 0.29) is 0 Å². The highest BCUT2D eigenvalue weighted by Gasteiger charge is 2.50. The minimum absolute atomic E-state index is 0.305. The van der Waals surface area contributed by atoms with E-state index in [0.29, 0.717) is 49.1 Å². The summed E-state index contributed by atoms with van der Waals surface area (Å²) in [6.45, 7) is 12.9. The van der Waals surface area contributed by atoms with Gasteiger partial charge in [-0.15, -0.1) is 0 Å². The van der Waals surface area contributed by atoms with Gasteiger partial charge in [-0.25, -0.2) is 8.42 Å². The summed E-state index contributed by atoms with van der Waals surface area (Å²) in [5.41, 5.74) is 3.58. The second-order valence-corrected chi connectivity index (χ2v) is 13.6. The van der Waals surface area contributed by atoms with Crippen molar-refractivity contribution in [2.75, 3.05) is 39.0 Å². The number of fused-ring (bicyclic) bond motifs is 1. The first-order valence-corrected chi connectivity index (χ1v) is 15.0. The third kappa shape index (κ3) is 5.39. The Labute approximate surface area is 206 Å². The molecule has 0 aromatic rings. The Morgan fingerprint density at radius 2 is 1.88 bits per heavy atom. The van der Waals surface area contributed by atoms with Crippen LogP contribution in [0.5, 0.6) is 0 Å². The fourth-order valence-corrected chi connectivity index (χ4v) is 8.28. The van der Waals surface area contributed by atoms with Crippen LogP contribution < -0.4 is 0 Å². The smallest absolute Gasteiger partial charge is 0.211 e. The van der Waals surface area contributed by atoms with Crippen molar-refractivity contribution >= 4 is 10.0 Å². The summed E-state index contributed by atoms with van der Waals surface area (Å²) >= 11 is 0. The molecule has 0 amide bonds. The van der Waals surface area contributed by atoms with Gasteiger partial charge >= 0.3 is 0 Å². The van der Waals surface area contributed by atoms with Crippen molar-refractivity contribution < 1.29 is 18.6 Å². The van der Waals surface area contributed by atoms with E-state index in [9.17, 15) is 18.6 Å². The van der Waals surface area contributed by atoms with Gasteiger partial charge in [-0.05, 0) is 72.8 Å². The van der Waals surface area contributed by atoms with Crippen molar-refractivity contribution in [3.8, 4) is 0 Å². The maximum absolute atomic E-state index is 11.8. The second-order valence-electron chi connectivity index (χ2n) is 11.6. The number of nitrogens with zero attached hydrogens (tertiary/aromatic N) is 2. The molecule has 1 saturated heterocycles. The van der Waals surface area contributed by atoms with E-state index < -0.39 is 22.2 Å². The van der Waals surface area contributed by atoms with Crippen LogP contribution in [0.15, 0.2) is 35.5 Å². The summed E-state index contributed by atoms with van der Waals surface area (Å²) in [6.07, 6.45) is 11.6. The number of sulfonamides is 1. The van der Waals surface area contributed by atoms with Crippen LogP contribution in [0.25, 0.3) is 0 Å². The number of aliphatic hydroxyl groups excluding tert-OH is 2. The molecule has 6 atom stereocenters. The summed E-state index contributed by atoms with van der Waals surface area (Å²) in [6, 6.07) is 0. The number of hydrogen-bond donors (Lipinski definition) is 2. The van der Waals surface area contributed by atoms with E-state index in [1.54, 1.807) is 4.31 Å². The fourth-order valence-electron chi connectivity index (χ4n) is 7.46. The quantitative estimate of drug-likeness (QED) is 0.615. The molecule has 6 nitrogen and oxygen atoms in total. The zero-order valence-corrected chi connectivity index (χ0v) is 22.1. The molecule has 0 aromatic heterocycles. The standard InChI is InChI=1S/C27H44N2O4S/c1-19(18-28-12-14-29(15-13-28)34(4,32)33)24-9-10-25-21(6-5-11-27(24,25)3)7-8-22-16-23(30)17-26(31)20(22)2/h7-8,19,23-26,30-31H,2,5-6,9-18H2,1,3-4H3/b21-7+,22-8+/t19-,23?,24-,25+,26?,27-/m1/s1. The van der Waals surface area contributed by atoms with E-state index in [2.05, 4.69) is 37.5 Å². The number of hydrogen-bond acceptors (Lipinski definition) is 5. The molecule has 2 unspecified atom stereocenters. The van der Waals surface area contributed by atoms with Gasteiger partial charge in [0.2, 0.25) is 10.0 Å². The van der Waals surface area contributed by atoms with Crippen LogP contribution in [0.1, 0.15) is 58.8 Å². The number of allylic oxidation sites excluding steroid dienone is 3. The van der Waals surface area contributed by atoms with Gasteiger partial charge in [0.15, 0.2) is 0 Å². The molecule has 2 N–H and O–H groups in total. The van der Waals surface area contributed by atoms with Crippen molar-refractivity contribution in [1.82, 2.24) is 9.21 Å². The molecule has 4 rings (SSSR count). The highest BCUT2D eigenvalue weighted by Crippen LogP contribution is 2.59. The van der Waals surface area contributed by atoms with Gasteiger partial charge in [0.05, 0.1) is 18.5 Å². The number of piperazine rings is 1. The van der Waals surface area contributed by atoms with Crippen LogP contribution in [-0.2, 0) is 10.0 Å². The lowest BCUT2D eigenvalue weighted by Crippen LogP contribution is -2.50. The highest BCUT2D eigenvalue weighted by molar-refractivity contribution is 7.88. The molecule has 0 spiro atoms. The topological polar surface area (TPSA) is 81.1 Å². The van der Waals surface area contributed by atoms with Crippen LogP contribution >= 0.6 is 0 Å². The summed E-state index contributed by atoms with van der Waals surface area (Å²) in [4.78, 5) is 2.46. The average molecular weight is 493 g/mol. The van der Waals surface area contributed by atoms with Crippen LogP contribution in [0.4, 0.5) is 0 Å². The molecule has 3 saturated carbocycles. The lowest BCUT2D eigenvalue weighted by Gasteiger charge is -2.45. The first-order chi connectivity index (χ1) is 16.0. The van der Waals surface area contributed by atoms with Crippen molar-refractivity contribution in [3.63, 3.8) is 0 Å². The van der Waals surface area contributed by atoms with Crippen molar-refractivity contribution in [2.45, 2.75) is 71.0 Å². The molecule has 0 aromatic carbocycles. The van der Waals surface area contributed by atoms with E-state index in [1.165, 1.54) is 37.5 Å². The second kappa shape index (κ2) is 10.2. The third-order valence-electron chi connectivity index (χ3n) is 9.34. The molecule has 0 bridgehead atoms. The lowest BCUT2D eigenvalue weighted by atomic mass is 9.61. The Morgan fingerprint density at radius 3 is 2.56 bits per heavy atom. The molecule has 1 aliphatic heterocycles. The Morgan fingerprint density at radius 1 is 1.18 bits per heavy atom. The monoisotopic (exact) mass is 492 g/mol. The molecular weight excluding hydrogens is 448 g/mol. The van der Waals surface area contributed by atoms with Gasteiger partial charge in [-0.3, -0.25) is 0 Å². The van der Waals surface area contributed by atoms with Gasteiger partial charge in [-0.2, -0.15) is 4.31 Å². The van der Waals surface area contributed by atoms with Crippen molar-refractivity contribution in [3.05, 3.63) is 35.5 Å². The molecule has 3 aliphatic carbocycles. The van der Waals surface area contributed by atoms with Crippen molar-refractivity contribution in [1.29, 1.82) is 0 Å². The molecular formula is C27H44N2O4S. The minimum Gasteiger partial charge on any atom is -0.393 e. The van der Waals surface area contributed by atoms with Crippen LogP contribution in [0, 0.1) is 23.2 Å². The Hall–Kier alpha value is -0.990. The van der Waals surface area contributed by atoms with Gasteiger partial charge in [-0.1, -0.05) is 38.2 Å². The minimum atomic E-state index is -3.09. The average Bonchev–Trinajstić information content (AvgIpc) is 3.12. The Balaban J connectivity index is 1.42. The van der Waals surface area contributed by atoms with Gasteiger partial charge in [0, 0.05) is 39.1 Å². The van der Waals surface area contributed by atoms with Crippen LogP contribution in [-0.4, -0.2) is 79.0 Å². The first-order valence-electron chi connectivity index (χ1n) is 13.1. The molecule has 1 heterocycles. The van der Waals surface area contributed by atoms with Crippen molar-refractivity contribution in [2.24, 2.45) is 23.2 Å². The normalized spacial score (nSPS) is 39.5. The highest BCUT2D eigenvalue weighted by atomic mass is 32.2. The van der Waals surface area contributed by atoms with Crippen LogP contribution in [0.2, 0.25) is 0 Å². The molecule has 4 fully saturated rings. The van der Waals surface area contributed by atoms with Gasteiger partial charge < -0.3 is 15.1 Å². The van der Waals surface area contributed by atoms with Crippen LogP contribution in [0.3, 0.4) is 0 Å². The molecule has 4 aliphatic rings. The molecule has 192 valence electrons. The van der Waals surface area contributed by atoms with E-state index in [4.69, 9.17) is 0 Å². The zero-order chi connectivity index (χ0) is 24.7. The molecule has 7 heteroatoms. The summed E-state index contributed by atoms with van der Waals surface area (Å²) < 4.78 is 25.3. The predicted octanol–water partition coefficient (Wildman–Crippen LogP) is 3.34. The van der Waals surface area contributed by atoms with E-state index in [0.717, 1.165) is 37.2 Å². The first kappa shape index (κ1) is 26.1.